The topological polar surface area (TPSA) is 65.8 Å². The maximum Gasteiger partial charge on any atom is 0.225 e. The monoisotopic (exact) mass is 441 g/mol. The molecule has 30 heavy (non-hydrogen) atoms. The summed E-state index contributed by atoms with van der Waals surface area (Å²) in [5, 5.41) is 13.9. The zero-order valence-electron chi connectivity index (χ0n) is 18.0. The molecular formula is C24H28ClN3OS. The van der Waals surface area contributed by atoms with E-state index < -0.39 is 0 Å². The Morgan fingerprint density at radius 1 is 1.37 bits per heavy atom. The van der Waals surface area contributed by atoms with Crippen molar-refractivity contribution in [1.29, 1.82) is 5.26 Å². The first-order chi connectivity index (χ1) is 14.2. The highest BCUT2D eigenvalue weighted by molar-refractivity contribution is 7.99. The van der Waals surface area contributed by atoms with Crippen LogP contribution in [0.2, 0.25) is 5.02 Å². The first kappa shape index (κ1) is 22.7. The van der Waals surface area contributed by atoms with Crippen LogP contribution in [0.4, 0.5) is 5.69 Å². The number of nitrogens with one attached hydrogen (secondary N) is 1. The van der Waals surface area contributed by atoms with E-state index in [2.05, 4.69) is 32.2 Å². The third kappa shape index (κ3) is 5.56. The van der Waals surface area contributed by atoms with Gasteiger partial charge >= 0.3 is 0 Å². The number of nitrogens with zero attached hydrogens (tertiary/aromatic N) is 2. The van der Waals surface area contributed by atoms with Crippen LogP contribution in [-0.2, 0) is 17.6 Å². The lowest BCUT2D eigenvalue weighted by Crippen LogP contribution is -2.27. The Morgan fingerprint density at radius 3 is 2.83 bits per heavy atom. The fraction of sp³-hybridized carbons (Fsp3) is 0.458. The van der Waals surface area contributed by atoms with Gasteiger partial charge in [-0.05, 0) is 66.8 Å². The summed E-state index contributed by atoms with van der Waals surface area (Å²) in [4.78, 5) is 17.1. The van der Waals surface area contributed by atoms with Gasteiger partial charge in [-0.1, -0.05) is 38.4 Å². The normalized spacial score (nSPS) is 15.9. The Balaban J connectivity index is 1.63. The van der Waals surface area contributed by atoms with Crippen LogP contribution in [0, 0.1) is 29.6 Å². The number of thioether (sulfide) groups is 1. The van der Waals surface area contributed by atoms with Crippen LogP contribution in [0.5, 0.6) is 0 Å². The molecule has 1 aliphatic rings. The van der Waals surface area contributed by atoms with E-state index in [1.54, 1.807) is 12.1 Å². The summed E-state index contributed by atoms with van der Waals surface area (Å²) in [5.41, 5.74) is 4.88. The molecule has 0 saturated heterocycles. The van der Waals surface area contributed by atoms with Crippen LogP contribution in [0.25, 0.3) is 0 Å². The molecule has 1 heterocycles. The van der Waals surface area contributed by atoms with Gasteiger partial charge in [-0.15, -0.1) is 11.8 Å². The molecule has 0 fully saturated rings. The fourth-order valence-corrected chi connectivity index (χ4v) is 4.84. The summed E-state index contributed by atoms with van der Waals surface area (Å²) in [5.74, 6) is 1.10. The molecule has 0 radical (unpaired) electrons. The zero-order valence-corrected chi connectivity index (χ0v) is 19.6. The number of carbonyl (C=O) groups excluding carboxylic acids is 1. The van der Waals surface area contributed by atoms with Crippen molar-refractivity contribution < 1.29 is 4.79 Å². The molecule has 1 aromatic heterocycles. The van der Waals surface area contributed by atoms with Crippen molar-refractivity contribution in [2.75, 3.05) is 11.1 Å². The number of aromatic nitrogens is 1. The van der Waals surface area contributed by atoms with Gasteiger partial charge in [0.05, 0.1) is 5.56 Å². The summed E-state index contributed by atoms with van der Waals surface area (Å²) in [6.07, 6.45) is 3.39. The van der Waals surface area contributed by atoms with E-state index in [1.165, 1.54) is 17.3 Å². The third-order valence-electron chi connectivity index (χ3n) is 5.74. The van der Waals surface area contributed by atoms with Gasteiger partial charge in [0, 0.05) is 28.6 Å². The molecule has 3 rings (SSSR count). The number of rotatable bonds is 5. The smallest absolute Gasteiger partial charge is 0.225 e. The molecular weight excluding hydrogens is 414 g/mol. The van der Waals surface area contributed by atoms with Crippen molar-refractivity contribution in [3.63, 3.8) is 0 Å². The standard InChI is InChI=1S/C24H28ClN3OS/c1-15-5-7-19(25)13-21(15)27-22(29)9-10-30-23-17(14-26)11-16-12-18(24(2,3)4)6-8-20(16)28-23/h5,7,11,13,18H,6,8-10,12H2,1-4H3,(H,27,29). The molecule has 4 nitrogen and oxygen atoms in total. The molecule has 0 spiro atoms. The van der Waals surface area contributed by atoms with Gasteiger partial charge in [-0.3, -0.25) is 4.79 Å². The average Bonchev–Trinajstić information content (AvgIpc) is 2.69. The van der Waals surface area contributed by atoms with Crippen LogP contribution < -0.4 is 5.32 Å². The maximum atomic E-state index is 12.3. The first-order valence-corrected chi connectivity index (χ1v) is 11.7. The lowest BCUT2D eigenvalue weighted by Gasteiger charge is -2.34. The second-order valence-electron chi connectivity index (χ2n) is 8.97. The number of aryl methyl sites for hydroxylation is 2. The summed E-state index contributed by atoms with van der Waals surface area (Å²) in [6.45, 7) is 8.77. The number of anilines is 1. The largest absolute Gasteiger partial charge is 0.326 e. The minimum atomic E-state index is -0.0719. The Kier molecular flexibility index (Phi) is 7.10. The van der Waals surface area contributed by atoms with Gasteiger partial charge in [0.1, 0.15) is 11.1 Å². The summed E-state index contributed by atoms with van der Waals surface area (Å²) >= 11 is 7.49. The third-order valence-corrected chi connectivity index (χ3v) is 6.97. The van der Waals surface area contributed by atoms with E-state index in [1.807, 2.05) is 19.1 Å². The number of halogens is 1. The van der Waals surface area contributed by atoms with E-state index in [9.17, 15) is 10.1 Å². The van der Waals surface area contributed by atoms with E-state index in [0.717, 1.165) is 41.2 Å². The quantitative estimate of drug-likeness (QED) is 0.562. The minimum Gasteiger partial charge on any atom is -0.326 e. The van der Waals surface area contributed by atoms with Gasteiger partial charge in [-0.2, -0.15) is 5.26 Å². The number of fused-ring (bicyclic) bond motifs is 1. The Hall–Kier alpha value is -2.03. The molecule has 6 heteroatoms. The fourth-order valence-electron chi connectivity index (χ4n) is 3.76. The highest BCUT2D eigenvalue weighted by Crippen LogP contribution is 2.38. The molecule has 1 atom stereocenters. The van der Waals surface area contributed by atoms with Crippen LogP contribution in [0.15, 0.2) is 29.3 Å². The van der Waals surface area contributed by atoms with Gasteiger partial charge < -0.3 is 5.32 Å². The van der Waals surface area contributed by atoms with Gasteiger partial charge in [-0.25, -0.2) is 4.98 Å². The van der Waals surface area contributed by atoms with E-state index >= 15 is 0 Å². The minimum absolute atomic E-state index is 0.0719. The first-order valence-electron chi connectivity index (χ1n) is 10.3. The molecule has 0 bridgehead atoms. The number of carbonyl (C=O) groups is 1. The zero-order chi connectivity index (χ0) is 21.9. The molecule has 1 amide bonds. The van der Waals surface area contributed by atoms with Crippen molar-refractivity contribution in [1.82, 2.24) is 4.98 Å². The number of amides is 1. The van der Waals surface area contributed by atoms with Gasteiger partial charge in [0.2, 0.25) is 5.91 Å². The van der Waals surface area contributed by atoms with E-state index in [0.29, 0.717) is 28.7 Å². The Morgan fingerprint density at radius 2 is 2.13 bits per heavy atom. The molecule has 0 aliphatic heterocycles. The van der Waals surface area contributed by atoms with E-state index in [-0.39, 0.29) is 11.3 Å². The van der Waals surface area contributed by atoms with Crippen LogP contribution >= 0.6 is 23.4 Å². The van der Waals surface area contributed by atoms with Crippen molar-refractivity contribution in [3.8, 4) is 6.07 Å². The Labute approximate surface area is 188 Å². The van der Waals surface area contributed by atoms with Gasteiger partial charge in [0.15, 0.2) is 0 Å². The molecule has 0 saturated carbocycles. The number of benzene rings is 1. The summed E-state index contributed by atoms with van der Waals surface area (Å²) in [7, 11) is 0. The maximum absolute atomic E-state index is 12.3. The molecule has 1 aliphatic carbocycles. The molecule has 2 aromatic rings. The van der Waals surface area contributed by atoms with Crippen molar-refractivity contribution >= 4 is 35.0 Å². The van der Waals surface area contributed by atoms with Crippen molar-refractivity contribution in [2.24, 2.45) is 11.3 Å². The van der Waals surface area contributed by atoms with Gasteiger partial charge in [0.25, 0.3) is 0 Å². The predicted octanol–water partition coefficient (Wildman–Crippen LogP) is 6.19. The van der Waals surface area contributed by atoms with Crippen LogP contribution in [-0.4, -0.2) is 16.6 Å². The average molecular weight is 442 g/mol. The summed E-state index contributed by atoms with van der Waals surface area (Å²) in [6, 6.07) is 9.74. The molecule has 1 unspecified atom stereocenters. The Bertz CT molecular complexity index is 991. The van der Waals surface area contributed by atoms with Crippen molar-refractivity contribution in [2.45, 2.75) is 58.4 Å². The highest BCUT2D eigenvalue weighted by Gasteiger charge is 2.30. The highest BCUT2D eigenvalue weighted by atomic mass is 35.5. The number of nitriles is 1. The number of hydrogen-bond donors (Lipinski definition) is 1. The second kappa shape index (κ2) is 9.41. The van der Waals surface area contributed by atoms with Crippen LogP contribution in [0.3, 0.4) is 0 Å². The number of hydrogen-bond acceptors (Lipinski definition) is 4. The molecule has 158 valence electrons. The summed E-state index contributed by atoms with van der Waals surface area (Å²) < 4.78 is 0. The lowest BCUT2D eigenvalue weighted by atomic mass is 9.71. The van der Waals surface area contributed by atoms with E-state index in [4.69, 9.17) is 16.6 Å². The lowest BCUT2D eigenvalue weighted by molar-refractivity contribution is -0.115. The predicted molar refractivity (Wildman–Crippen MR) is 124 cm³/mol. The SMILES string of the molecule is Cc1ccc(Cl)cc1NC(=O)CCSc1nc2c(cc1C#N)CC(C(C)(C)C)CC2. The van der Waals surface area contributed by atoms with Crippen molar-refractivity contribution in [3.05, 3.63) is 51.7 Å². The molecule has 1 N–H and O–H groups in total. The van der Waals surface area contributed by atoms with Crippen LogP contribution in [0.1, 0.15) is 56.0 Å². The second-order valence-corrected chi connectivity index (χ2v) is 10.5. The molecule has 1 aromatic carbocycles. The number of pyridine rings is 1.